The first-order valence-corrected chi connectivity index (χ1v) is 12.3. The summed E-state index contributed by atoms with van der Waals surface area (Å²) in [6, 6.07) is 17.1. The third-order valence-corrected chi connectivity index (χ3v) is 6.75. The van der Waals surface area contributed by atoms with Crippen LogP contribution in [0.25, 0.3) is 5.70 Å². The molecular weight excluding hydrogens is 543 g/mol. The minimum absolute atomic E-state index is 0.151. The maximum absolute atomic E-state index is 12.9. The van der Waals surface area contributed by atoms with Crippen molar-refractivity contribution >= 4 is 63.8 Å². The molecule has 3 aromatic rings. The molecule has 0 fully saturated rings. The molecule has 1 aliphatic rings. The van der Waals surface area contributed by atoms with E-state index in [1.807, 2.05) is 6.07 Å². The first-order chi connectivity index (χ1) is 17.3. The van der Waals surface area contributed by atoms with Crippen molar-refractivity contribution in [1.29, 1.82) is 0 Å². The van der Waals surface area contributed by atoms with Crippen molar-refractivity contribution in [1.82, 2.24) is 10.6 Å². The smallest absolute Gasteiger partial charge is 0.338 e. The zero-order valence-electron chi connectivity index (χ0n) is 19.2. The maximum atomic E-state index is 12.9. The van der Waals surface area contributed by atoms with Crippen molar-refractivity contribution in [2.75, 3.05) is 14.2 Å². The summed E-state index contributed by atoms with van der Waals surface area (Å²) in [6.45, 7) is 0.151. The van der Waals surface area contributed by atoms with Crippen LogP contribution in [0.15, 0.2) is 66.2 Å². The van der Waals surface area contributed by atoms with E-state index in [1.165, 1.54) is 14.2 Å². The van der Waals surface area contributed by atoms with Crippen molar-refractivity contribution in [3.63, 3.8) is 0 Å². The predicted molar refractivity (Wildman–Crippen MR) is 146 cm³/mol. The number of ether oxygens (including phenoxy) is 3. The molecule has 0 amide bonds. The Morgan fingerprint density at radius 1 is 0.972 bits per heavy atom. The number of rotatable bonds is 7. The van der Waals surface area contributed by atoms with E-state index in [0.29, 0.717) is 54.1 Å². The van der Waals surface area contributed by atoms with Crippen LogP contribution in [0.4, 0.5) is 0 Å². The van der Waals surface area contributed by atoms with E-state index in [1.54, 1.807) is 54.6 Å². The van der Waals surface area contributed by atoms with Crippen LogP contribution < -0.4 is 20.1 Å². The second kappa shape index (κ2) is 11.4. The van der Waals surface area contributed by atoms with Crippen LogP contribution in [0, 0.1) is 0 Å². The predicted octanol–water partition coefficient (Wildman–Crippen LogP) is 6.34. The van der Waals surface area contributed by atoms with E-state index in [4.69, 9.17) is 61.2 Å². The SMILES string of the molecule is COC(=O)C1=C(c2ccc(Cl)cc2)NC(=S)N[C@@H]1c1ccc(OCc2c(Cl)cccc2Cl)c(OC)c1. The molecule has 0 radical (unpaired) electrons. The molecule has 0 aliphatic carbocycles. The number of methoxy groups -OCH3 is 2. The molecule has 1 aliphatic heterocycles. The van der Waals surface area contributed by atoms with Gasteiger partial charge in [-0.25, -0.2) is 4.79 Å². The van der Waals surface area contributed by atoms with Gasteiger partial charge in [0.15, 0.2) is 16.6 Å². The van der Waals surface area contributed by atoms with Gasteiger partial charge in [-0.15, -0.1) is 0 Å². The summed E-state index contributed by atoms with van der Waals surface area (Å²) in [4.78, 5) is 12.9. The first-order valence-electron chi connectivity index (χ1n) is 10.7. The summed E-state index contributed by atoms with van der Waals surface area (Å²) in [6.07, 6.45) is 0. The fourth-order valence-corrected chi connectivity index (χ4v) is 4.64. The fourth-order valence-electron chi connectivity index (χ4n) is 3.79. The molecule has 3 aromatic carbocycles. The van der Waals surface area contributed by atoms with Gasteiger partial charge in [-0.3, -0.25) is 0 Å². The number of benzene rings is 3. The number of hydrogen-bond donors (Lipinski definition) is 2. The summed E-state index contributed by atoms with van der Waals surface area (Å²) in [5.41, 5.74) is 3.00. The zero-order valence-corrected chi connectivity index (χ0v) is 22.3. The van der Waals surface area contributed by atoms with E-state index in [-0.39, 0.29) is 6.61 Å². The third-order valence-electron chi connectivity index (χ3n) is 5.56. The van der Waals surface area contributed by atoms with E-state index in [0.717, 1.165) is 5.56 Å². The molecule has 6 nitrogen and oxygen atoms in total. The minimum Gasteiger partial charge on any atom is -0.493 e. The molecule has 0 unspecified atom stereocenters. The summed E-state index contributed by atoms with van der Waals surface area (Å²) < 4.78 is 16.7. The van der Waals surface area contributed by atoms with Crippen LogP contribution in [0.2, 0.25) is 15.1 Å². The number of thiocarbonyl (C=S) groups is 1. The zero-order chi connectivity index (χ0) is 25.8. The van der Waals surface area contributed by atoms with Crippen LogP contribution in [-0.4, -0.2) is 25.3 Å². The molecule has 1 atom stereocenters. The van der Waals surface area contributed by atoms with Crippen LogP contribution in [0.3, 0.4) is 0 Å². The van der Waals surface area contributed by atoms with Crippen molar-refractivity contribution in [3.05, 3.63) is 98.0 Å². The number of carbonyl (C=O) groups excluding carboxylic acids is 1. The van der Waals surface area contributed by atoms with E-state index < -0.39 is 12.0 Å². The van der Waals surface area contributed by atoms with Gasteiger partial charge < -0.3 is 24.8 Å². The molecular formula is C26H21Cl3N2O4S. The lowest BCUT2D eigenvalue weighted by Crippen LogP contribution is -2.45. The molecule has 186 valence electrons. The van der Waals surface area contributed by atoms with E-state index in [9.17, 15) is 4.79 Å². The minimum atomic E-state index is -0.613. The van der Waals surface area contributed by atoms with Crippen LogP contribution >= 0.6 is 47.0 Å². The standard InChI is InChI=1S/C26H21Cl3N2O4S/c1-33-21-12-15(8-11-20(21)35-13-17-18(28)4-3-5-19(17)29)24-22(25(32)34-2)23(30-26(36)31-24)14-6-9-16(27)10-7-14/h3-12,24H,13H2,1-2H3,(H2,30,31,36)/t24-/m1/s1. The number of hydrogen-bond acceptors (Lipinski definition) is 5. The van der Waals surface area contributed by atoms with Crippen molar-refractivity contribution in [3.8, 4) is 11.5 Å². The molecule has 2 N–H and O–H groups in total. The van der Waals surface area contributed by atoms with Gasteiger partial charge in [0.2, 0.25) is 0 Å². The molecule has 4 rings (SSSR count). The highest BCUT2D eigenvalue weighted by Gasteiger charge is 2.33. The van der Waals surface area contributed by atoms with Gasteiger partial charge in [-0.2, -0.15) is 0 Å². The van der Waals surface area contributed by atoms with Gasteiger partial charge in [0.1, 0.15) is 6.61 Å². The number of esters is 1. The van der Waals surface area contributed by atoms with Gasteiger partial charge in [0, 0.05) is 20.6 Å². The Balaban J connectivity index is 1.72. The molecule has 0 spiro atoms. The second-order valence-corrected chi connectivity index (χ2v) is 9.38. The Labute approximate surface area is 229 Å². The maximum Gasteiger partial charge on any atom is 0.338 e. The molecule has 0 aromatic heterocycles. The van der Waals surface area contributed by atoms with Gasteiger partial charge in [-0.05, 0) is 59.7 Å². The highest BCUT2D eigenvalue weighted by atomic mass is 35.5. The molecule has 10 heteroatoms. The summed E-state index contributed by atoms with van der Waals surface area (Å²) in [7, 11) is 2.86. The fraction of sp³-hybridized carbons (Fsp3) is 0.154. The lowest BCUT2D eigenvalue weighted by Gasteiger charge is -2.31. The number of nitrogens with one attached hydrogen (secondary N) is 2. The lowest BCUT2D eigenvalue weighted by atomic mass is 9.92. The average molecular weight is 564 g/mol. The monoisotopic (exact) mass is 562 g/mol. The van der Waals surface area contributed by atoms with Gasteiger partial charge in [0.25, 0.3) is 0 Å². The Kier molecular flexibility index (Phi) is 8.26. The molecule has 0 saturated carbocycles. The summed E-state index contributed by atoms with van der Waals surface area (Å²) in [5, 5.41) is 8.18. The Morgan fingerprint density at radius 2 is 1.67 bits per heavy atom. The van der Waals surface area contributed by atoms with Crippen LogP contribution in [-0.2, 0) is 16.1 Å². The Hall–Kier alpha value is -2.97. The van der Waals surface area contributed by atoms with Crippen LogP contribution in [0.1, 0.15) is 22.7 Å². The van der Waals surface area contributed by atoms with Crippen molar-refractivity contribution in [2.45, 2.75) is 12.6 Å². The Morgan fingerprint density at radius 3 is 2.31 bits per heavy atom. The van der Waals surface area contributed by atoms with E-state index >= 15 is 0 Å². The molecule has 36 heavy (non-hydrogen) atoms. The van der Waals surface area contributed by atoms with Crippen molar-refractivity contribution in [2.24, 2.45) is 0 Å². The number of carbonyl (C=O) groups is 1. The highest BCUT2D eigenvalue weighted by molar-refractivity contribution is 7.80. The molecule has 1 heterocycles. The summed E-state index contributed by atoms with van der Waals surface area (Å²) in [5.74, 6) is 0.426. The van der Waals surface area contributed by atoms with Crippen molar-refractivity contribution < 1.29 is 19.0 Å². The van der Waals surface area contributed by atoms with Gasteiger partial charge in [-0.1, -0.05) is 59.1 Å². The van der Waals surface area contributed by atoms with E-state index in [2.05, 4.69) is 10.6 Å². The van der Waals surface area contributed by atoms with Gasteiger partial charge >= 0.3 is 5.97 Å². The summed E-state index contributed by atoms with van der Waals surface area (Å²) >= 11 is 24.0. The first kappa shape index (κ1) is 26.1. The lowest BCUT2D eigenvalue weighted by molar-refractivity contribution is -0.136. The quantitative estimate of drug-likeness (QED) is 0.257. The Bertz CT molecular complexity index is 1330. The number of halogens is 3. The highest BCUT2D eigenvalue weighted by Crippen LogP contribution is 2.37. The molecule has 0 bridgehead atoms. The third kappa shape index (κ3) is 5.55. The van der Waals surface area contributed by atoms with Gasteiger partial charge in [0.05, 0.1) is 31.5 Å². The normalized spacial score (nSPS) is 15.1. The molecule has 0 saturated heterocycles. The topological polar surface area (TPSA) is 68.8 Å². The second-order valence-electron chi connectivity index (χ2n) is 7.72. The largest absolute Gasteiger partial charge is 0.493 e. The average Bonchev–Trinajstić information content (AvgIpc) is 2.88. The van der Waals surface area contributed by atoms with Crippen LogP contribution in [0.5, 0.6) is 11.5 Å².